The van der Waals surface area contributed by atoms with Gasteiger partial charge in [-0.1, -0.05) is 18.8 Å². The average molecular weight is 554 g/mol. The molecule has 0 saturated carbocycles. The lowest BCUT2D eigenvalue weighted by Crippen LogP contribution is -2.30. The molecule has 0 aromatic carbocycles. The van der Waals surface area contributed by atoms with Gasteiger partial charge < -0.3 is 16.0 Å². The van der Waals surface area contributed by atoms with Gasteiger partial charge in [0.2, 0.25) is 11.0 Å². The number of ketones is 1. The van der Waals surface area contributed by atoms with E-state index in [-0.39, 0.29) is 19.1 Å². The number of rotatable bonds is 13. The predicted octanol–water partition coefficient (Wildman–Crippen LogP) is 3.37. The number of anilines is 1. The molecule has 2 aromatic heterocycles. The van der Waals surface area contributed by atoms with Crippen molar-refractivity contribution in [3.05, 3.63) is 15.0 Å². The molecule has 0 bridgehead atoms. The molecule has 0 atom stereocenters. The first-order chi connectivity index (χ1) is 17.1. The minimum Gasteiger partial charge on any atom is -0.317 e. The van der Waals surface area contributed by atoms with Crippen LogP contribution in [0.15, 0.2) is 0 Å². The third-order valence-corrected chi connectivity index (χ3v) is 9.27. The summed E-state index contributed by atoms with van der Waals surface area (Å²) in [6, 6.07) is 0. The Labute approximate surface area is 226 Å². The molecule has 0 radical (unpaired) electrons. The molecule has 2 saturated heterocycles. The highest BCUT2D eigenvalue weighted by Crippen LogP contribution is 2.22. The lowest BCUT2D eigenvalue weighted by Gasteiger charge is -2.21. The van der Waals surface area contributed by atoms with Gasteiger partial charge in [-0.05, 0) is 75.2 Å². The zero-order valence-corrected chi connectivity index (χ0v) is 22.5. The van der Waals surface area contributed by atoms with Crippen molar-refractivity contribution in [3.8, 4) is 0 Å². The summed E-state index contributed by atoms with van der Waals surface area (Å²) in [6.07, 6.45) is 7.64. The Morgan fingerprint density at radius 3 is 2.03 bits per heavy atom. The normalized spacial score (nSPS) is 17.0. The van der Waals surface area contributed by atoms with Gasteiger partial charge >= 0.3 is 0 Å². The lowest BCUT2D eigenvalue weighted by molar-refractivity contribution is -0.119. The molecule has 2 fully saturated rings. The van der Waals surface area contributed by atoms with Crippen LogP contribution in [0.4, 0.5) is 5.13 Å². The van der Waals surface area contributed by atoms with Gasteiger partial charge in [-0.2, -0.15) is 11.8 Å². The standard InChI is InChI=1S/C23H35N7O2S3.CH4/c31-18(13-16-1-7-24-8-2-16)15-22-29-27-20(34-22)5-11-33-12-6-21-28-30-23(35-21)26-19(32)14-17-3-9-25-10-4-17;/h16-17,24-25H,1-15H2,(H,26,30,32);1H4. The Morgan fingerprint density at radius 1 is 0.806 bits per heavy atom. The number of aryl methyl sites for hydroxylation is 2. The Kier molecular flexibility index (Phi) is 12.7. The van der Waals surface area contributed by atoms with Crippen LogP contribution in [0.1, 0.15) is 61.0 Å². The van der Waals surface area contributed by atoms with E-state index in [1.165, 1.54) is 11.3 Å². The highest BCUT2D eigenvalue weighted by Gasteiger charge is 2.19. The van der Waals surface area contributed by atoms with Gasteiger partial charge in [-0.15, -0.1) is 31.7 Å². The monoisotopic (exact) mass is 553 g/mol. The van der Waals surface area contributed by atoms with Crippen molar-refractivity contribution >= 4 is 51.3 Å². The van der Waals surface area contributed by atoms with Crippen LogP contribution in [-0.4, -0.2) is 69.8 Å². The van der Waals surface area contributed by atoms with E-state index in [1.54, 1.807) is 11.3 Å². The molecule has 36 heavy (non-hydrogen) atoms. The number of carbonyl (C=O) groups excluding carboxylic acids is 2. The van der Waals surface area contributed by atoms with E-state index in [1.807, 2.05) is 11.8 Å². The summed E-state index contributed by atoms with van der Waals surface area (Å²) in [7, 11) is 0. The lowest BCUT2D eigenvalue weighted by atomic mass is 9.92. The van der Waals surface area contributed by atoms with Crippen molar-refractivity contribution in [2.45, 2.75) is 65.2 Å². The number of hydrogen-bond donors (Lipinski definition) is 3. The molecule has 0 aliphatic carbocycles. The van der Waals surface area contributed by atoms with Gasteiger partial charge in [-0.25, -0.2) is 0 Å². The zero-order valence-electron chi connectivity index (χ0n) is 20.1. The largest absolute Gasteiger partial charge is 0.317 e. The third-order valence-electron chi connectivity index (χ3n) is 6.40. The Hall–Kier alpha value is -1.47. The van der Waals surface area contributed by atoms with Crippen LogP contribution in [-0.2, 0) is 28.9 Å². The summed E-state index contributed by atoms with van der Waals surface area (Å²) in [5, 5.41) is 29.8. The van der Waals surface area contributed by atoms with E-state index in [0.717, 1.165) is 91.2 Å². The van der Waals surface area contributed by atoms with E-state index in [2.05, 4.69) is 36.3 Å². The molecule has 0 spiro atoms. The number of Topliss-reactive ketones (excluding diaryl/α,β-unsaturated/α-hetero) is 1. The molecule has 1 amide bonds. The summed E-state index contributed by atoms with van der Waals surface area (Å²) in [5.41, 5.74) is 0. The van der Waals surface area contributed by atoms with E-state index in [9.17, 15) is 9.59 Å². The summed E-state index contributed by atoms with van der Waals surface area (Å²) in [4.78, 5) is 24.6. The second-order valence-corrected chi connectivity index (χ2v) is 12.7. The van der Waals surface area contributed by atoms with Crippen LogP contribution in [0, 0.1) is 11.8 Å². The van der Waals surface area contributed by atoms with Crippen LogP contribution in [0.25, 0.3) is 0 Å². The summed E-state index contributed by atoms with van der Waals surface area (Å²) < 4.78 is 0. The van der Waals surface area contributed by atoms with E-state index in [4.69, 9.17) is 0 Å². The number of hydrogen-bond acceptors (Lipinski definition) is 11. The molecule has 2 aliphatic rings. The second kappa shape index (κ2) is 15.7. The molecule has 0 unspecified atom stereocenters. The van der Waals surface area contributed by atoms with Crippen molar-refractivity contribution in [1.29, 1.82) is 0 Å². The van der Waals surface area contributed by atoms with Gasteiger partial charge in [0.1, 0.15) is 20.8 Å². The smallest absolute Gasteiger partial charge is 0.226 e. The van der Waals surface area contributed by atoms with Gasteiger partial charge in [0.25, 0.3) is 0 Å². The Balaban J connectivity index is 0.00000361. The van der Waals surface area contributed by atoms with Gasteiger partial charge in [-0.3, -0.25) is 9.59 Å². The number of piperidine rings is 2. The topological polar surface area (TPSA) is 122 Å². The quantitative estimate of drug-likeness (QED) is 0.321. The number of nitrogens with one attached hydrogen (secondary N) is 3. The number of aromatic nitrogens is 4. The Bertz CT molecular complexity index is 866. The maximum atomic E-state index is 12.4. The number of thioether (sulfide) groups is 1. The van der Waals surface area contributed by atoms with E-state index < -0.39 is 0 Å². The molecular formula is C24H39N7O2S3. The minimum absolute atomic E-state index is 0. The summed E-state index contributed by atoms with van der Waals surface area (Å²) in [6.45, 7) is 4.04. The molecule has 3 N–H and O–H groups in total. The van der Waals surface area contributed by atoms with E-state index in [0.29, 0.717) is 36.2 Å². The minimum atomic E-state index is 0. The predicted molar refractivity (Wildman–Crippen MR) is 149 cm³/mol. The average Bonchev–Trinajstić information content (AvgIpc) is 3.49. The zero-order chi connectivity index (χ0) is 24.3. The fraction of sp³-hybridized carbons (Fsp3) is 0.750. The van der Waals surface area contributed by atoms with Crippen LogP contribution in [0.3, 0.4) is 0 Å². The van der Waals surface area contributed by atoms with E-state index >= 15 is 0 Å². The summed E-state index contributed by atoms with van der Waals surface area (Å²) in [5.74, 6) is 3.21. The van der Waals surface area contributed by atoms with Gasteiger partial charge in [0, 0.05) is 25.7 Å². The molecule has 4 rings (SSSR count). The van der Waals surface area contributed by atoms with Crippen molar-refractivity contribution in [3.63, 3.8) is 0 Å². The second-order valence-electron chi connectivity index (χ2n) is 9.26. The van der Waals surface area contributed by atoms with Gasteiger partial charge in [0.05, 0.1) is 6.42 Å². The summed E-state index contributed by atoms with van der Waals surface area (Å²) >= 11 is 4.88. The van der Waals surface area contributed by atoms with Crippen molar-refractivity contribution in [2.75, 3.05) is 43.0 Å². The maximum absolute atomic E-state index is 12.4. The fourth-order valence-corrected chi connectivity index (χ4v) is 7.22. The van der Waals surface area contributed by atoms with Crippen LogP contribution in [0.2, 0.25) is 0 Å². The molecule has 2 aromatic rings. The van der Waals surface area contributed by atoms with Crippen molar-refractivity contribution in [2.24, 2.45) is 11.8 Å². The van der Waals surface area contributed by atoms with Crippen LogP contribution in [0.5, 0.6) is 0 Å². The van der Waals surface area contributed by atoms with Gasteiger partial charge in [0.15, 0.2) is 0 Å². The molecule has 2 aliphatic heterocycles. The number of amides is 1. The Morgan fingerprint density at radius 2 is 1.36 bits per heavy atom. The first-order valence-electron chi connectivity index (χ1n) is 12.6. The maximum Gasteiger partial charge on any atom is 0.226 e. The fourth-order valence-electron chi connectivity index (χ4n) is 4.45. The highest BCUT2D eigenvalue weighted by molar-refractivity contribution is 7.99. The molecule has 200 valence electrons. The highest BCUT2D eigenvalue weighted by atomic mass is 32.2. The van der Waals surface area contributed by atoms with Crippen LogP contribution >= 0.6 is 34.4 Å². The third kappa shape index (κ3) is 10.1. The molecule has 9 nitrogen and oxygen atoms in total. The van der Waals surface area contributed by atoms with Crippen molar-refractivity contribution in [1.82, 2.24) is 31.0 Å². The van der Waals surface area contributed by atoms with Crippen LogP contribution < -0.4 is 16.0 Å². The molecular weight excluding hydrogens is 515 g/mol. The SMILES string of the molecule is C.O=C(Cc1nnc(CCSCCc2nnc(NC(=O)CC3CCNCC3)s2)s1)CC1CCNCC1. The number of carbonyl (C=O) groups is 2. The molecule has 12 heteroatoms. The first kappa shape index (κ1) is 29.1. The number of nitrogens with zero attached hydrogens (tertiary/aromatic N) is 4. The first-order valence-corrected chi connectivity index (χ1v) is 15.4. The van der Waals surface area contributed by atoms with Crippen molar-refractivity contribution < 1.29 is 9.59 Å². The molecule has 4 heterocycles.